The van der Waals surface area contributed by atoms with Gasteiger partial charge in [-0.2, -0.15) is 0 Å². The van der Waals surface area contributed by atoms with E-state index in [0.29, 0.717) is 31.6 Å². The normalized spacial score (nSPS) is 30.2. The highest BCUT2D eigenvalue weighted by Crippen LogP contribution is 2.36. The van der Waals surface area contributed by atoms with Crippen molar-refractivity contribution in [3.8, 4) is 0 Å². The third kappa shape index (κ3) is 4.00. The van der Waals surface area contributed by atoms with Crippen LogP contribution in [0.15, 0.2) is 12.7 Å². The van der Waals surface area contributed by atoms with Gasteiger partial charge in [-0.1, -0.05) is 6.08 Å². The maximum absolute atomic E-state index is 12.7. The minimum absolute atomic E-state index is 0.0208. The van der Waals surface area contributed by atoms with Crippen molar-refractivity contribution in [3.05, 3.63) is 12.7 Å². The Labute approximate surface area is 150 Å². The van der Waals surface area contributed by atoms with Gasteiger partial charge in [0.15, 0.2) is 0 Å². The molecular formula is C19H31N3O3. The van der Waals surface area contributed by atoms with E-state index in [1.165, 1.54) is 0 Å². The van der Waals surface area contributed by atoms with Crippen molar-refractivity contribution in [2.24, 2.45) is 17.8 Å². The monoisotopic (exact) mass is 349 g/mol. The van der Waals surface area contributed by atoms with E-state index in [1.54, 1.807) is 6.08 Å². The summed E-state index contributed by atoms with van der Waals surface area (Å²) in [5.41, 5.74) is 0. The minimum atomic E-state index is 0.0208. The average molecular weight is 349 g/mol. The lowest BCUT2D eigenvalue weighted by Gasteiger charge is -2.41. The number of piperidine rings is 1. The first-order chi connectivity index (χ1) is 12.1. The quantitative estimate of drug-likeness (QED) is 0.575. The van der Waals surface area contributed by atoms with Crippen LogP contribution in [0.4, 0.5) is 4.79 Å². The third-order valence-electron chi connectivity index (χ3n) is 5.98. The second-order valence-electron chi connectivity index (χ2n) is 7.62. The number of hydrogen-bond donors (Lipinski definition) is 0. The van der Waals surface area contributed by atoms with E-state index in [9.17, 15) is 9.59 Å². The van der Waals surface area contributed by atoms with Crippen molar-refractivity contribution in [1.82, 2.24) is 14.7 Å². The third-order valence-corrected chi connectivity index (χ3v) is 5.98. The summed E-state index contributed by atoms with van der Waals surface area (Å²) in [6.45, 7) is 8.85. The summed E-state index contributed by atoms with van der Waals surface area (Å²) in [6.07, 6.45) is 5.64. The van der Waals surface area contributed by atoms with Crippen molar-refractivity contribution >= 4 is 11.9 Å². The van der Waals surface area contributed by atoms with E-state index >= 15 is 0 Å². The second kappa shape index (κ2) is 8.21. The Morgan fingerprint density at radius 2 is 1.88 bits per heavy atom. The van der Waals surface area contributed by atoms with E-state index in [4.69, 9.17) is 4.74 Å². The predicted octanol–water partition coefficient (Wildman–Crippen LogP) is 1.82. The van der Waals surface area contributed by atoms with E-state index in [-0.39, 0.29) is 17.9 Å². The summed E-state index contributed by atoms with van der Waals surface area (Å²) in [4.78, 5) is 31.2. The highest BCUT2D eigenvalue weighted by Gasteiger charge is 2.43. The number of ether oxygens (including phenoxy) is 1. The Morgan fingerprint density at radius 1 is 1.20 bits per heavy atom. The predicted molar refractivity (Wildman–Crippen MR) is 96.1 cm³/mol. The van der Waals surface area contributed by atoms with Crippen LogP contribution >= 0.6 is 0 Å². The number of fused-ring (bicyclic) bond motifs is 1. The first-order valence-electron chi connectivity index (χ1n) is 9.59. The number of amides is 3. The number of carbonyl (C=O) groups is 2. The van der Waals surface area contributed by atoms with Crippen molar-refractivity contribution in [3.63, 3.8) is 0 Å². The Kier molecular flexibility index (Phi) is 5.99. The lowest BCUT2D eigenvalue weighted by Crippen LogP contribution is -2.50. The molecule has 0 radical (unpaired) electrons. The van der Waals surface area contributed by atoms with Crippen LogP contribution in [0.3, 0.4) is 0 Å². The number of nitrogens with zero attached hydrogens (tertiary/aromatic N) is 3. The van der Waals surface area contributed by atoms with Gasteiger partial charge in [0.1, 0.15) is 0 Å². The molecule has 0 saturated carbocycles. The molecule has 0 aromatic rings. The zero-order chi connectivity index (χ0) is 17.8. The standard InChI is InChI=1S/C19H31N3O3/c1-3-12-25-14-15-13-20(2)18(23)17-7-11-22(10-6-16(15)17)19(24)21-8-4-5-9-21/h3,15-17H,1,4-14H2,2H3/t15-,16-,17+/m1/s1. The topological polar surface area (TPSA) is 53.1 Å². The maximum atomic E-state index is 12.7. The first-order valence-corrected chi connectivity index (χ1v) is 9.59. The number of rotatable bonds is 4. The number of urea groups is 1. The molecule has 3 rings (SSSR count). The highest BCUT2D eigenvalue weighted by atomic mass is 16.5. The molecule has 6 nitrogen and oxygen atoms in total. The summed E-state index contributed by atoms with van der Waals surface area (Å²) in [5.74, 6) is 0.910. The molecule has 3 aliphatic heterocycles. The summed E-state index contributed by atoms with van der Waals surface area (Å²) in [6, 6.07) is 0.163. The lowest BCUT2D eigenvalue weighted by atomic mass is 9.75. The first kappa shape index (κ1) is 18.2. The van der Waals surface area contributed by atoms with Crippen LogP contribution in [0.25, 0.3) is 0 Å². The molecule has 6 heteroatoms. The fraction of sp³-hybridized carbons (Fsp3) is 0.789. The van der Waals surface area contributed by atoms with Crippen LogP contribution in [0.2, 0.25) is 0 Å². The fourth-order valence-electron chi connectivity index (χ4n) is 4.64. The molecule has 0 aromatic heterocycles. The maximum Gasteiger partial charge on any atom is 0.319 e. The van der Waals surface area contributed by atoms with Gasteiger partial charge in [0.25, 0.3) is 0 Å². The second-order valence-corrected chi connectivity index (χ2v) is 7.62. The van der Waals surface area contributed by atoms with Gasteiger partial charge in [0, 0.05) is 51.6 Å². The summed E-state index contributed by atoms with van der Waals surface area (Å²) >= 11 is 0. The van der Waals surface area contributed by atoms with E-state index < -0.39 is 0 Å². The van der Waals surface area contributed by atoms with Crippen LogP contribution in [-0.4, -0.2) is 79.6 Å². The molecule has 3 aliphatic rings. The van der Waals surface area contributed by atoms with E-state index in [0.717, 1.165) is 51.9 Å². The highest BCUT2D eigenvalue weighted by molar-refractivity contribution is 5.80. The van der Waals surface area contributed by atoms with Crippen molar-refractivity contribution < 1.29 is 14.3 Å². The average Bonchev–Trinajstić information content (AvgIpc) is 3.05. The van der Waals surface area contributed by atoms with Gasteiger partial charge in [-0.15, -0.1) is 6.58 Å². The van der Waals surface area contributed by atoms with Gasteiger partial charge in [-0.25, -0.2) is 4.79 Å². The Morgan fingerprint density at radius 3 is 2.60 bits per heavy atom. The van der Waals surface area contributed by atoms with Crippen LogP contribution in [0, 0.1) is 17.8 Å². The molecule has 0 aromatic carbocycles. The van der Waals surface area contributed by atoms with Gasteiger partial charge in [0.2, 0.25) is 5.91 Å². The molecule has 3 heterocycles. The molecule has 25 heavy (non-hydrogen) atoms. The van der Waals surface area contributed by atoms with Crippen LogP contribution < -0.4 is 0 Å². The van der Waals surface area contributed by atoms with Crippen molar-refractivity contribution in [2.75, 3.05) is 53.0 Å². The molecule has 0 bridgehead atoms. The smallest absolute Gasteiger partial charge is 0.319 e. The van der Waals surface area contributed by atoms with Crippen molar-refractivity contribution in [2.45, 2.75) is 25.7 Å². The Bertz CT molecular complexity index is 504. The number of hydrogen-bond acceptors (Lipinski definition) is 3. The minimum Gasteiger partial charge on any atom is -0.377 e. The Hall–Kier alpha value is -1.56. The number of carbonyl (C=O) groups excluding carboxylic acids is 2. The molecule has 0 unspecified atom stereocenters. The van der Waals surface area contributed by atoms with Gasteiger partial charge >= 0.3 is 6.03 Å². The SMILES string of the molecule is C=CCOC[C@H]1CN(C)C(=O)[C@H]2CCN(C(=O)N3CCCC3)CC[C@H]12. The molecule has 0 N–H and O–H groups in total. The largest absolute Gasteiger partial charge is 0.377 e. The molecule has 140 valence electrons. The molecule has 3 atom stereocenters. The van der Waals surface area contributed by atoms with E-state index in [2.05, 4.69) is 6.58 Å². The zero-order valence-electron chi connectivity index (χ0n) is 15.4. The molecular weight excluding hydrogens is 318 g/mol. The van der Waals surface area contributed by atoms with Crippen molar-refractivity contribution in [1.29, 1.82) is 0 Å². The molecule has 3 amide bonds. The zero-order valence-corrected chi connectivity index (χ0v) is 15.4. The molecule has 0 spiro atoms. The summed E-state index contributed by atoms with van der Waals surface area (Å²) in [5, 5.41) is 0. The van der Waals surface area contributed by atoms with Gasteiger partial charge in [0.05, 0.1) is 13.2 Å². The molecule has 3 fully saturated rings. The van der Waals surface area contributed by atoms with Gasteiger partial charge in [-0.05, 0) is 31.6 Å². The number of likely N-dealkylation sites (tertiary alicyclic amines) is 3. The fourth-order valence-corrected chi connectivity index (χ4v) is 4.64. The van der Waals surface area contributed by atoms with Crippen LogP contribution in [-0.2, 0) is 9.53 Å². The van der Waals surface area contributed by atoms with E-state index in [1.807, 2.05) is 21.7 Å². The summed E-state index contributed by atoms with van der Waals surface area (Å²) < 4.78 is 5.71. The molecule has 3 saturated heterocycles. The van der Waals surface area contributed by atoms with Gasteiger partial charge < -0.3 is 19.4 Å². The van der Waals surface area contributed by atoms with Crippen LogP contribution in [0.5, 0.6) is 0 Å². The summed E-state index contributed by atoms with van der Waals surface area (Å²) in [7, 11) is 1.89. The lowest BCUT2D eigenvalue weighted by molar-refractivity contribution is -0.144. The molecule has 0 aliphatic carbocycles. The van der Waals surface area contributed by atoms with Gasteiger partial charge in [-0.3, -0.25) is 4.79 Å². The van der Waals surface area contributed by atoms with Crippen LogP contribution in [0.1, 0.15) is 25.7 Å². The Balaban J connectivity index is 1.66.